The second kappa shape index (κ2) is 4.64. The Balaban J connectivity index is 1.88. The van der Waals surface area contributed by atoms with Crippen LogP contribution in [0.15, 0.2) is 36.4 Å². The fourth-order valence-corrected chi connectivity index (χ4v) is 1.76. The molecule has 0 radical (unpaired) electrons. The molecule has 0 spiro atoms. The number of benzene rings is 1. The molecule has 1 N–H and O–H groups in total. The number of nitrogens with one attached hydrogen (secondary N) is 1. The van der Waals surface area contributed by atoms with Gasteiger partial charge in [0.1, 0.15) is 17.4 Å². The summed E-state index contributed by atoms with van der Waals surface area (Å²) < 4.78 is 5.75. The lowest BCUT2D eigenvalue weighted by Gasteiger charge is -2.08. The largest absolute Gasteiger partial charge is 0.439 e. The highest BCUT2D eigenvalue weighted by molar-refractivity contribution is 5.40. The van der Waals surface area contributed by atoms with Crippen molar-refractivity contribution in [3.8, 4) is 11.6 Å². The van der Waals surface area contributed by atoms with Crippen molar-refractivity contribution in [1.29, 1.82) is 0 Å². The fourth-order valence-electron chi connectivity index (χ4n) is 1.76. The molecule has 4 heteroatoms. The van der Waals surface area contributed by atoms with Gasteiger partial charge < -0.3 is 10.1 Å². The highest BCUT2D eigenvalue weighted by atomic mass is 16.5. The molecular weight excluding hydrogens is 226 g/mol. The SMILES string of the molecule is CNc1cc(Oc2ccccc2)nc(C2CC2)n1. The molecule has 1 fully saturated rings. The summed E-state index contributed by atoms with van der Waals surface area (Å²) in [5.74, 6) is 3.59. The third-order valence-electron chi connectivity index (χ3n) is 2.88. The molecule has 1 aromatic heterocycles. The topological polar surface area (TPSA) is 47.0 Å². The Labute approximate surface area is 106 Å². The molecule has 0 aliphatic heterocycles. The van der Waals surface area contributed by atoms with Gasteiger partial charge in [-0.15, -0.1) is 0 Å². The second-order valence-electron chi connectivity index (χ2n) is 4.39. The van der Waals surface area contributed by atoms with E-state index in [1.165, 1.54) is 12.8 Å². The minimum Gasteiger partial charge on any atom is -0.439 e. The normalized spacial score (nSPS) is 14.3. The Morgan fingerprint density at radius 2 is 1.94 bits per heavy atom. The van der Waals surface area contributed by atoms with Crippen molar-refractivity contribution in [2.45, 2.75) is 18.8 Å². The number of ether oxygens (including phenoxy) is 1. The van der Waals surface area contributed by atoms with Crippen LogP contribution in [0.4, 0.5) is 5.82 Å². The number of anilines is 1. The molecule has 4 nitrogen and oxygen atoms in total. The van der Waals surface area contributed by atoms with Crippen LogP contribution < -0.4 is 10.1 Å². The third kappa shape index (κ3) is 2.42. The van der Waals surface area contributed by atoms with Crippen LogP contribution >= 0.6 is 0 Å². The number of hydrogen-bond donors (Lipinski definition) is 1. The lowest BCUT2D eigenvalue weighted by molar-refractivity contribution is 0.459. The lowest BCUT2D eigenvalue weighted by atomic mass is 10.3. The number of nitrogens with zero attached hydrogens (tertiary/aromatic N) is 2. The first-order valence-corrected chi connectivity index (χ1v) is 6.15. The number of rotatable bonds is 4. The van der Waals surface area contributed by atoms with Gasteiger partial charge in [0, 0.05) is 19.0 Å². The molecule has 92 valence electrons. The van der Waals surface area contributed by atoms with Crippen LogP contribution in [-0.2, 0) is 0 Å². The van der Waals surface area contributed by atoms with Crippen molar-refractivity contribution in [2.75, 3.05) is 12.4 Å². The van der Waals surface area contributed by atoms with Crippen molar-refractivity contribution >= 4 is 5.82 Å². The molecule has 0 unspecified atom stereocenters. The van der Waals surface area contributed by atoms with Crippen LogP contribution in [0, 0.1) is 0 Å². The van der Waals surface area contributed by atoms with Crippen LogP contribution in [0.25, 0.3) is 0 Å². The summed E-state index contributed by atoms with van der Waals surface area (Å²) in [6, 6.07) is 11.5. The van der Waals surface area contributed by atoms with E-state index >= 15 is 0 Å². The maximum Gasteiger partial charge on any atom is 0.224 e. The molecule has 0 amide bonds. The standard InChI is InChI=1S/C14H15N3O/c1-15-12-9-13(17-14(16-12)10-7-8-10)18-11-5-3-2-4-6-11/h2-6,9-10H,7-8H2,1H3,(H,15,16,17). The lowest BCUT2D eigenvalue weighted by Crippen LogP contribution is -2.00. The molecule has 0 saturated heterocycles. The molecule has 2 aromatic rings. The second-order valence-corrected chi connectivity index (χ2v) is 4.39. The summed E-state index contributed by atoms with van der Waals surface area (Å²) in [6.45, 7) is 0. The minimum atomic E-state index is 0.511. The summed E-state index contributed by atoms with van der Waals surface area (Å²) in [4.78, 5) is 8.92. The fraction of sp³-hybridized carbons (Fsp3) is 0.286. The first kappa shape index (κ1) is 11.0. The Hall–Kier alpha value is -2.10. The molecule has 1 aromatic carbocycles. The van der Waals surface area contributed by atoms with Gasteiger partial charge >= 0.3 is 0 Å². The molecule has 1 heterocycles. The molecule has 3 rings (SSSR count). The zero-order valence-electron chi connectivity index (χ0n) is 10.3. The first-order chi connectivity index (χ1) is 8.85. The van der Waals surface area contributed by atoms with Crippen molar-refractivity contribution in [1.82, 2.24) is 9.97 Å². The zero-order valence-corrected chi connectivity index (χ0v) is 10.3. The van der Waals surface area contributed by atoms with E-state index in [0.717, 1.165) is 17.4 Å². The summed E-state index contributed by atoms with van der Waals surface area (Å²) in [5, 5.41) is 3.05. The van der Waals surface area contributed by atoms with Crippen molar-refractivity contribution in [2.24, 2.45) is 0 Å². The van der Waals surface area contributed by atoms with Crippen LogP contribution in [0.2, 0.25) is 0 Å². The van der Waals surface area contributed by atoms with Crippen molar-refractivity contribution in [3.05, 3.63) is 42.2 Å². The van der Waals surface area contributed by atoms with Gasteiger partial charge in [-0.25, -0.2) is 4.98 Å². The Morgan fingerprint density at radius 3 is 2.61 bits per heavy atom. The Bertz CT molecular complexity index is 538. The molecule has 1 saturated carbocycles. The summed E-state index contributed by atoms with van der Waals surface area (Å²) >= 11 is 0. The maximum absolute atomic E-state index is 5.75. The predicted molar refractivity (Wildman–Crippen MR) is 70.1 cm³/mol. The molecular formula is C14H15N3O. The van der Waals surface area contributed by atoms with Crippen LogP contribution in [0.3, 0.4) is 0 Å². The van der Waals surface area contributed by atoms with E-state index in [-0.39, 0.29) is 0 Å². The first-order valence-electron chi connectivity index (χ1n) is 6.15. The Kier molecular flexibility index (Phi) is 2.84. The van der Waals surface area contributed by atoms with E-state index in [9.17, 15) is 0 Å². The van der Waals surface area contributed by atoms with Gasteiger partial charge in [0.15, 0.2) is 0 Å². The summed E-state index contributed by atoms with van der Waals surface area (Å²) in [7, 11) is 1.85. The van der Waals surface area contributed by atoms with E-state index in [1.807, 2.05) is 43.4 Å². The average Bonchev–Trinajstić information content (AvgIpc) is 3.24. The average molecular weight is 241 g/mol. The van der Waals surface area contributed by atoms with E-state index in [0.29, 0.717) is 11.8 Å². The van der Waals surface area contributed by atoms with Crippen LogP contribution in [-0.4, -0.2) is 17.0 Å². The van der Waals surface area contributed by atoms with Gasteiger partial charge in [-0.2, -0.15) is 4.98 Å². The maximum atomic E-state index is 5.75. The molecule has 0 bridgehead atoms. The van der Waals surface area contributed by atoms with Crippen molar-refractivity contribution in [3.63, 3.8) is 0 Å². The number of para-hydroxylation sites is 1. The number of aromatic nitrogens is 2. The molecule has 1 aliphatic carbocycles. The van der Waals surface area contributed by atoms with Gasteiger partial charge in [0.05, 0.1) is 0 Å². The summed E-state index contributed by atoms with van der Waals surface area (Å²) in [5.41, 5.74) is 0. The van der Waals surface area contributed by atoms with Gasteiger partial charge in [0.2, 0.25) is 5.88 Å². The van der Waals surface area contributed by atoms with Gasteiger partial charge in [-0.3, -0.25) is 0 Å². The summed E-state index contributed by atoms with van der Waals surface area (Å²) in [6.07, 6.45) is 2.36. The quantitative estimate of drug-likeness (QED) is 0.893. The predicted octanol–water partition coefficient (Wildman–Crippen LogP) is 3.19. The third-order valence-corrected chi connectivity index (χ3v) is 2.88. The van der Waals surface area contributed by atoms with E-state index in [4.69, 9.17) is 4.74 Å². The van der Waals surface area contributed by atoms with E-state index in [2.05, 4.69) is 15.3 Å². The number of hydrogen-bond acceptors (Lipinski definition) is 4. The van der Waals surface area contributed by atoms with Gasteiger partial charge in [-0.05, 0) is 25.0 Å². The van der Waals surface area contributed by atoms with Crippen LogP contribution in [0.5, 0.6) is 11.6 Å². The smallest absolute Gasteiger partial charge is 0.224 e. The van der Waals surface area contributed by atoms with Gasteiger partial charge in [-0.1, -0.05) is 18.2 Å². The van der Waals surface area contributed by atoms with Crippen molar-refractivity contribution < 1.29 is 4.74 Å². The van der Waals surface area contributed by atoms with E-state index < -0.39 is 0 Å². The highest BCUT2D eigenvalue weighted by Gasteiger charge is 2.27. The van der Waals surface area contributed by atoms with Gasteiger partial charge in [0.25, 0.3) is 0 Å². The molecule has 1 aliphatic rings. The highest BCUT2D eigenvalue weighted by Crippen LogP contribution is 2.39. The monoisotopic (exact) mass is 241 g/mol. The van der Waals surface area contributed by atoms with E-state index in [1.54, 1.807) is 0 Å². The minimum absolute atomic E-state index is 0.511. The molecule has 18 heavy (non-hydrogen) atoms. The molecule has 0 atom stereocenters. The zero-order chi connectivity index (χ0) is 12.4. The van der Waals surface area contributed by atoms with Crippen LogP contribution in [0.1, 0.15) is 24.6 Å². The Morgan fingerprint density at radius 1 is 1.17 bits per heavy atom.